The van der Waals surface area contributed by atoms with Gasteiger partial charge in [0.15, 0.2) is 0 Å². The molecule has 0 saturated heterocycles. The molecule has 1 rings (SSSR count). The minimum absolute atomic E-state index is 0.879. The van der Waals surface area contributed by atoms with E-state index in [2.05, 4.69) is 44.2 Å². The minimum atomic E-state index is -2.51. The highest BCUT2D eigenvalue weighted by Gasteiger charge is 2.38. The Morgan fingerprint density at radius 3 is 1.36 bits per heavy atom. The van der Waals surface area contributed by atoms with Crippen molar-refractivity contribution in [3.63, 3.8) is 0 Å². The van der Waals surface area contributed by atoms with Crippen molar-refractivity contribution in [1.82, 2.24) is 0 Å². The fraction of sp³-hybridized carbons (Fsp3) is 0.824. The zero-order valence-corrected chi connectivity index (χ0v) is 27.8. The molecule has 0 aliphatic carbocycles. The molecule has 0 saturated carbocycles. The molecule has 1 atom stereocenters. The number of hydrogen-bond acceptors (Lipinski definition) is 3. The van der Waals surface area contributed by atoms with Crippen molar-refractivity contribution in [1.29, 1.82) is 0 Å². The minimum Gasteiger partial charge on any atom is -0.377 e. The molecule has 1 unspecified atom stereocenters. The Balaban J connectivity index is 2.26. The molecule has 5 heteroatoms. The third kappa shape index (κ3) is 17.0. The van der Waals surface area contributed by atoms with Crippen molar-refractivity contribution < 1.29 is 17.8 Å². The maximum atomic E-state index is 5.69. The lowest BCUT2D eigenvalue weighted by atomic mass is 10.0. The average molecular weight is 565 g/mol. The summed E-state index contributed by atoms with van der Waals surface area (Å²) in [7, 11) is 2.66. The summed E-state index contributed by atoms with van der Waals surface area (Å²) >= 11 is 0. The van der Waals surface area contributed by atoms with Gasteiger partial charge in [0, 0.05) is 39.4 Å². The molecule has 0 heterocycles. The molecular formula is C34H66NO3Si+. The highest BCUT2D eigenvalue weighted by Crippen LogP contribution is 2.22. The van der Waals surface area contributed by atoms with Gasteiger partial charge in [-0.2, -0.15) is 0 Å². The summed E-state index contributed by atoms with van der Waals surface area (Å²) in [5.74, 6) is 0. The summed E-state index contributed by atoms with van der Waals surface area (Å²) in [5, 5.41) is 0. The number of nitrogens with zero attached hydrogens (tertiary/aromatic N) is 1. The average Bonchev–Trinajstić information content (AvgIpc) is 2.97. The highest BCUT2D eigenvalue weighted by molar-refractivity contribution is 6.60. The van der Waals surface area contributed by atoms with E-state index in [9.17, 15) is 0 Å². The number of rotatable bonds is 28. The van der Waals surface area contributed by atoms with E-state index in [1.54, 1.807) is 21.3 Å². The molecular weight excluding hydrogens is 498 g/mol. The van der Waals surface area contributed by atoms with Crippen LogP contribution >= 0.6 is 0 Å². The maximum Gasteiger partial charge on any atom is 0.500 e. The summed E-state index contributed by atoms with van der Waals surface area (Å²) in [5.41, 5.74) is 1.44. The lowest BCUT2D eigenvalue weighted by molar-refractivity contribution is -0.939. The Morgan fingerprint density at radius 2 is 0.949 bits per heavy atom. The quantitative estimate of drug-likeness (QED) is 0.0576. The van der Waals surface area contributed by atoms with Gasteiger partial charge in [0.05, 0.1) is 19.6 Å². The number of benzene rings is 1. The van der Waals surface area contributed by atoms with E-state index in [0.29, 0.717) is 0 Å². The van der Waals surface area contributed by atoms with Crippen molar-refractivity contribution >= 4 is 8.80 Å². The second-order valence-corrected chi connectivity index (χ2v) is 14.9. The standard InChI is InChI=1S/C34H66NO3Si/c1-6-8-9-10-11-12-13-14-15-16-17-18-19-20-21-22-26-30-35(7-2,33-34-28-24-23-25-29-34)31-27-32-39(36-3,37-4)38-5/h23-25,28-29H,6-22,26-27,30-33H2,1-5H3/q+1. The molecule has 0 fully saturated rings. The van der Waals surface area contributed by atoms with Crippen molar-refractivity contribution in [2.24, 2.45) is 0 Å². The number of unbranched alkanes of at least 4 members (excludes halogenated alkanes) is 16. The molecule has 0 aromatic heterocycles. The van der Waals surface area contributed by atoms with Crippen LogP contribution in [0.3, 0.4) is 0 Å². The van der Waals surface area contributed by atoms with Crippen molar-refractivity contribution in [2.75, 3.05) is 41.0 Å². The zero-order valence-electron chi connectivity index (χ0n) is 26.8. The SMILES string of the molecule is CCCCCCCCCCCCCCCCCCC[N+](CC)(CCC[Si](OC)(OC)OC)Cc1ccccc1. The summed E-state index contributed by atoms with van der Waals surface area (Å²) in [4.78, 5) is 0. The van der Waals surface area contributed by atoms with Crippen molar-refractivity contribution in [3.8, 4) is 0 Å². The summed E-state index contributed by atoms with van der Waals surface area (Å²) in [6, 6.07) is 11.9. The molecule has 0 spiro atoms. The largest absolute Gasteiger partial charge is 0.500 e. The smallest absolute Gasteiger partial charge is 0.377 e. The Hall–Kier alpha value is -0.723. The van der Waals surface area contributed by atoms with Gasteiger partial charge in [-0.25, -0.2) is 0 Å². The van der Waals surface area contributed by atoms with E-state index in [0.717, 1.165) is 36.6 Å². The second kappa shape index (κ2) is 23.9. The van der Waals surface area contributed by atoms with Crippen LogP contribution in [0.1, 0.15) is 135 Å². The van der Waals surface area contributed by atoms with E-state index in [1.807, 2.05) is 0 Å². The molecule has 0 amide bonds. The molecule has 1 aromatic carbocycles. The first-order valence-electron chi connectivity index (χ1n) is 16.6. The summed E-state index contributed by atoms with van der Waals surface area (Å²) in [6.07, 6.45) is 25.3. The van der Waals surface area contributed by atoms with Crippen LogP contribution in [0.2, 0.25) is 6.04 Å². The summed E-state index contributed by atoms with van der Waals surface area (Å²) < 4.78 is 18.2. The van der Waals surface area contributed by atoms with E-state index in [4.69, 9.17) is 13.3 Å². The molecule has 4 nitrogen and oxygen atoms in total. The molecule has 0 bridgehead atoms. The number of quaternary nitrogens is 1. The third-order valence-corrected chi connectivity index (χ3v) is 11.6. The predicted molar refractivity (Wildman–Crippen MR) is 171 cm³/mol. The highest BCUT2D eigenvalue weighted by atomic mass is 28.4. The summed E-state index contributed by atoms with van der Waals surface area (Å²) in [6.45, 7) is 9.34. The van der Waals surface area contributed by atoms with Gasteiger partial charge in [0.1, 0.15) is 6.54 Å². The first kappa shape index (κ1) is 36.3. The van der Waals surface area contributed by atoms with Crippen LogP contribution in [0, 0.1) is 0 Å². The van der Waals surface area contributed by atoms with Gasteiger partial charge in [-0.3, -0.25) is 0 Å². The van der Waals surface area contributed by atoms with E-state index in [-0.39, 0.29) is 0 Å². The van der Waals surface area contributed by atoms with Crippen molar-refractivity contribution in [3.05, 3.63) is 35.9 Å². The van der Waals surface area contributed by atoms with Crippen LogP contribution in [0.25, 0.3) is 0 Å². The molecule has 1 aromatic rings. The maximum absolute atomic E-state index is 5.69. The normalized spacial score (nSPS) is 13.6. The number of hydrogen-bond donors (Lipinski definition) is 0. The van der Waals surface area contributed by atoms with Crippen LogP contribution in [-0.2, 0) is 19.8 Å². The van der Waals surface area contributed by atoms with Crippen LogP contribution < -0.4 is 0 Å². The van der Waals surface area contributed by atoms with Gasteiger partial charge in [-0.05, 0) is 19.8 Å². The van der Waals surface area contributed by atoms with Gasteiger partial charge in [-0.15, -0.1) is 0 Å². The Bertz CT molecular complexity index is 647. The Morgan fingerprint density at radius 1 is 0.538 bits per heavy atom. The van der Waals surface area contributed by atoms with Gasteiger partial charge >= 0.3 is 8.80 Å². The lowest BCUT2D eigenvalue weighted by Gasteiger charge is -2.39. The van der Waals surface area contributed by atoms with Gasteiger partial charge < -0.3 is 17.8 Å². The molecule has 0 aliphatic heterocycles. The first-order valence-corrected chi connectivity index (χ1v) is 18.6. The molecule has 0 radical (unpaired) electrons. The van der Waals surface area contributed by atoms with Gasteiger partial charge in [-0.1, -0.05) is 134 Å². The fourth-order valence-corrected chi connectivity index (χ4v) is 7.73. The van der Waals surface area contributed by atoms with E-state index >= 15 is 0 Å². The lowest BCUT2D eigenvalue weighted by Crippen LogP contribution is -2.50. The zero-order chi connectivity index (χ0) is 28.5. The Labute approximate surface area is 245 Å². The van der Waals surface area contributed by atoms with Crippen LogP contribution in [-0.4, -0.2) is 54.3 Å². The fourth-order valence-electron chi connectivity index (χ4n) is 6.03. The van der Waals surface area contributed by atoms with Crippen LogP contribution in [0.15, 0.2) is 30.3 Å². The van der Waals surface area contributed by atoms with Crippen LogP contribution in [0.4, 0.5) is 0 Å². The Kier molecular flexibility index (Phi) is 22.3. The monoisotopic (exact) mass is 564 g/mol. The molecule has 228 valence electrons. The van der Waals surface area contributed by atoms with Gasteiger partial charge in [0.25, 0.3) is 0 Å². The molecule has 0 aliphatic rings. The second-order valence-electron chi connectivity index (χ2n) is 11.8. The van der Waals surface area contributed by atoms with Crippen molar-refractivity contribution in [2.45, 2.75) is 142 Å². The van der Waals surface area contributed by atoms with E-state index < -0.39 is 8.80 Å². The van der Waals surface area contributed by atoms with Gasteiger partial charge in [0.2, 0.25) is 0 Å². The molecule has 39 heavy (non-hydrogen) atoms. The third-order valence-electron chi connectivity index (χ3n) is 8.82. The topological polar surface area (TPSA) is 27.7 Å². The van der Waals surface area contributed by atoms with Crippen LogP contribution in [0.5, 0.6) is 0 Å². The first-order chi connectivity index (χ1) is 19.1. The van der Waals surface area contributed by atoms with E-state index in [1.165, 1.54) is 121 Å². The molecule has 0 N–H and O–H groups in total. The predicted octanol–water partition coefficient (Wildman–Crippen LogP) is 9.94.